The number of carbonyl (C=O) groups is 1. The average Bonchev–Trinajstić information content (AvgIpc) is 3.37. The van der Waals surface area contributed by atoms with Crippen molar-refractivity contribution >= 4 is 48.5 Å². The zero-order valence-corrected chi connectivity index (χ0v) is 18.9. The fourth-order valence-electron chi connectivity index (χ4n) is 3.74. The van der Waals surface area contributed by atoms with E-state index in [-0.39, 0.29) is 5.91 Å². The molecule has 0 aliphatic carbocycles. The Bertz CT molecular complexity index is 1210. The predicted molar refractivity (Wildman–Crippen MR) is 124 cm³/mol. The lowest BCUT2D eigenvalue weighted by Crippen LogP contribution is -2.48. The van der Waals surface area contributed by atoms with Gasteiger partial charge in [0.05, 0.1) is 33.4 Å². The summed E-state index contributed by atoms with van der Waals surface area (Å²) in [5.74, 6) is 0.0440. The van der Waals surface area contributed by atoms with Gasteiger partial charge in [-0.15, -0.1) is 0 Å². The highest BCUT2D eigenvalue weighted by atomic mass is 79.9. The van der Waals surface area contributed by atoms with Crippen molar-refractivity contribution < 1.29 is 4.79 Å². The van der Waals surface area contributed by atoms with Crippen LogP contribution in [0.15, 0.2) is 59.2 Å². The first kappa shape index (κ1) is 19.3. The van der Waals surface area contributed by atoms with Crippen LogP contribution >= 0.6 is 27.3 Å². The van der Waals surface area contributed by atoms with Crippen molar-refractivity contribution in [2.75, 3.05) is 31.1 Å². The quantitative estimate of drug-likeness (QED) is 0.431. The van der Waals surface area contributed by atoms with E-state index in [0.717, 1.165) is 39.6 Å². The highest BCUT2D eigenvalue weighted by Crippen LogP contribution is 2.31. The topological polar surface area (TPSA) is 54.3 Å². The molecule has 0 unspecified atom stereocenters. The predicted octanol–water partition coefficient (Wildman–Crippen LogP) is 4.52. The van der Waals surface area contributed by atoms with E-state index in [2.05, 4.69) is 32.0 Å². The van der Waals surface area contributed by atoms with Crippen LogP contribution in [0.4, 0.5) is 5.13 Å². The second kappa shape index (κ2) is 7.85. The Kier molecular flexibility index (Phi) is 5.04. The lowest BCUT2D eigenvalue weighted by molar-refractivity contribution is 0.0746. The summed E-state index contributed by atoms with van der Waals surface area (Å²) in [5, 5.41) is 5.46. The third kappa shape index (κ3) is 3.50. The van der Waals surface area contributed by atoms with Crippen LogP contribution in [0.1, 0.15) is 16.1 Å². The van der Waals surface area contributed by atoms with E-state index >= 15 is 0 Å². The Balaban J connectivity index is 1.29. The van der Waals surface area contributed by atoms with Crippen LogP contribution in [0, 0.1) is 6.92 Å². The molecule has 1 aliphatic rings. The Morgan fingerprint density at radius 2 is 1.83 bits per heavy atom. The van der Waals surface area contributed by atoms with E-state index in [4.69, 9.17) is 4.98 Å². The van der Waals surface area contributed by atoms with Gasteiger partial charge in [0.2, 0.25) is 0 Å². The van der Waals surface area contributed by atoms with Crippen LogP contribution in [0.3, 0.4) is 0 Å². The first-order valence-electron chi connectivity index (χ1n) is 9.80. The fourth-order valence-corrected chi connectivity index (χ4v) is 5.31. The summed E-state index contributed by atoms with van der Waals surface area (Å²) >= 11 is 5.22. The van der Waals surface area contributed by atoms with E-state index in [9.17, 15) is 4.79 Å². The van der Waals surface area contributed by atoms with Crippen LogP contribution in [0.2, 0.25) is 0 Å². The Morgan fingerprint density at radius 1 is 1.07 bits per heavy atom. The number of piperazine rings is 1. The summed E-state index contributed by atoms with van der Waals surface area (Å²) in [6, 6.07) is 16.0. The molecule has 0 spiro atoms. The van der Waals surface area contributed by atoms with E-state index in [1.165, 1.54) is 4.70 Å². The van der Waals surface area contributed by atoms with Crippen LogP contribution < -0.4 is 4.90 Å². The summed E-state index contributed by atoms with van der Waals surface area (Å²) in [6.45, 7) is 4.85. The molecule has 1 saturated heterocycles. The molecule has 2 aromatic heterocycles. The van der Waals surface area contributed by atoms with Crippen molar-refractivity contribution in [1.29, 1.82) is 0 Å². The number of para-hydroxylation sites is 1. The summed E-state index contributed by atoms with van der Waals surface area (Å²) in [7, 11) is 0. The molecule has 1 aliphatic heterocycles. The molecule has 1 amide bonds. The molecule has 8 heteroatoms. The van der Waals surface area contributed by atoms with E-state index < -0.39 is 0 Å². The molecular weight excluding hydrogens is 462 g/mol. The first-order chi connectivity index (χ1) is 14.6. The van der Waals surface area contributed by atoms with Gasteiger partial charge in [0.15, 0.2) is 5.13 Å². The number of rotatable bonds is 3. The van der Waals surface area contributed by atoms with Crippen LogP contribution in [0.25, 0.3) is 15.9 Å². The largest absolute Gasteiger partial charge is 0.345 e. The van der Waals surface area contributed by atoms with Gasteiger partial charge in [-0.25, -0.2) is 9.67 Å². The summed E-state index contributed by atoms with van der Waals surface area (Å²) < 4.78 is 4.05. The lowest BCUT2D eigenvalue weighted by Gasteiger charge is -2.34. The molecule has 1 fully saturated rings. The molecule has 5 rings (SSSR count). The van der Waals surface area contributed by atoms with Crippen LogP contribution in [-0.2, 0) is 0 Å². The van der Waals surface area contributed by atoms with Gasteiger partial charge in [-0.3, -0.25) is 4.79 Å². The molecular formula is C22H20BrN5OS. The lowest BCUT2D eigenvalue weighted by atomic mass is 10.2. The van der Waals surface area contributed by atoms with Crippen LogP contribution in [-0.4, -0.2) is 51.8 Å². The number of fused-ring (bicyclic) bond motifs is 1. The van der Waals surface area contributed by atoms with E-state index in [0.29, 0.717) is 18.7 Å². The number of thiazole rings is 1. The van der Waals surface area contributed by atoms with Gasteiger partial charge in [0.1, 0.15) is 0 Å². The number of benzene rings is 2. The van der Waals surface area contributed by atoms with Gasteiger partial charge in [-0.1, -0.05) is 45.5 Å². The number of amides is 1. The second-order valence-electron chi connectivity index (χ2n) is 7.28. The molecule has 0 atom stereocenters. The minimum atomic E-state index is 0.0440. The van der Waals surface area contributed by atoms with Gasteiger partial charge in [-0.05, 0) is 37.3 Å². The van der Waals surface area contributed by atoms with E-state index in [1.807, 2.05) is 59.0 Å². The molecule has 0 saturated carbocycles. The van der Waals surface area contributed by atoms with Gasteiger partial charge in [-0.2, -0.15) is 5.10 Å². The molecule has 0 bridgehead atoms. The fraction of sp³-hybridized carbons (Fsp3) is 0.227. The smallest absolute Gasteiger partial charge is 0.257 e. The maximum absolute atomic E-state index is 13.1. The standard InChI is InChI=1S/C22H20BrN5OS/c1-15-18(14-24-28(15)17-5-3-2-4-6-17)21(29)26-9-11-27(12-10-26)22-25-19-8-7-16(23)13-20(19)30-22/h2-8,13-14H,9-12H2,1H3. The number of nitrogens with zero attached hydrogens (tertiary/aromatic N) is 5. The minimum absolute atomic E-state index is 0.0440. The van der Waals surface area contributed by atoms with Crippen LogP contribution in [0.5, 0.6) is 0 Å². The maximum Gasteiger partial charge on any atom is 0.257 e. The Hall–Kier alpha value is -2.71. The van der Waals surface area contributed by atoms with Gasteiger partial charge >= 0.3 is 0 Å². The third-order valence-electron chi connectivity index (χ3n) is 5.42. The first-order valence-corrected chi connectivity index (χ1v) is 11.4. The van der Waals surface area contributed by atoms with Gasteiger partial charge < -0.3 is 9.80 Å². The third-order valence-corrected chi connectivity index (χ3v) is 6.99. The van der Waals surface area contributed by atoms with E-state index in [1.54, 1.807) is 17.5 Å². The second-order valence-corrected chi connectivity index (χ2v) is 9.20. The van der Waals surface area contributed by atoms with Gasteiger partial charge in [0, 0.05) is 30.7 Å². The number of hydrogen-bond donors (Lipinski definition) is 0. The van der Waals surface area contributed by atoms with Crippen molar-refractivity contribution in [2.45, 2.75) is 6.92 Å². The molecule has 4 aromatic rings. The van der Waals surface area contributed by atoms with Crippen molar-refractivity contribution in [2.24, 2.45) is 0 Å². The molecule has 0 radical (unpaired) electrons. The molecule has 6 nitrogen and oxygen atoms in total. The Labute approximate surface area is 186 Å². The minimum Gasteiger partial charge on any atom is -0.345 e. The maximum atomic E-state index is 13.1. The van der Waals surface area contributed by atoms with Crippen molar-refractivity contribution in [3.63, 3.8) is 0 Å². The SMILES string of the molecule is Cc1c(C(=O)N2CCN(c3nc4ccc(Br)cc4s3)CC2)cnn1-c1ccccc1. The zero-order chi connectivity index (χ0) is 20.7. The summed E-state index contributed by atoms with van der Waals surface area (Å²) in [6.07, 6.45) is 1.68. The van der Waals surface area contributed by atoms with Gasteiger partial charge in [0.25, 0.3) is 5.91 Å². The molecule has 2 aromatic carbocycles. The number of halogens is 1. The summed E-state index contributed by atoms with van der Waals surface area (Å²) in [4.78, 5) is 22.1. The number of aromatic nitrogens is 3. The summed E-state index contributed by atoms with van der Waals surface area (Å²) in [5.41, 5.74) is 3.50. The molecule has 152 valence electrons. The molecule has 0 N–H and O–H groups in total. The highest BCUT2D eigenvalue weighted by molar-refractivity contribution is 9.10. The number of hydrogen-bond acceptors (Lipinski definition) is 5. The van der Waals surface area contributed by atoms with Crippen molar-refractivity contribution in [3.8, 4) is 5.69 Å². The molecule has 30 heavy (non-hydrogen) atoms. The zero-order valence-electron chi connectivity index (χ0n) is 16.5. The number of anilines is 1. The van der Waals surface area contributed by atoms with Crippen molar-refractivity contribution in [3.05, 3.63) is 70.5 Å². The highest BCUT2D eigenvalue weighted by Gasteiger charge is 2.26. The average molecular weight is 482 g/mol. The van der Waals surface area contributed by atoms with Crippen molar-refractivity contribution in [1.82, 2.24) is 19.7 Å². The monoisotopic (exact) mass is 481 g/mol. The Morgan fingerprint density at radius 3 is 2.60 bits per heavy atom. The normalized spacial score (nSPS) is 14.5. The number of carbonyl (C=O) groups excluding carboxylic acids is 1. The molecule has 3 heterocycles.